The summed E-state index contributed by atoms with van der Waals surface area (Å²) in [6.07, 6.45) is 0. The molecule has 2 N–H and O–H groups in total. The van der Waals surface area contributed by atoms with Gasteiger partial charge in [-0.1, -0.05) is 6.92 Å². The maximum absolute atomic E-state index is 11.6. The molecule has 1 aromatic carbocycles. The van der Waals surface area contributed by atoms with Crippen molar-refractivity contribution in [2.45, 2.75) is 34.2 Å². The highest BCUT2D eigenvalue weighted by molar-refractivity contribution is 5.78. The van der Waals surface area contributed by atoms with Crippen LogP contribution in [0.25, 0.3) is 0 Å². The average Bonchev–Trinajstić information content (AvgIpc) is 2.40. The Morgan fingerprint density at radius 3 is 2.53 bits per heavy atom. The number of likely N-dealkylation sites (N-methyl/N-ethyl adjacent to an activating group) is 1. The maximum atomic E-state index is 11.6. The summed E-state index contributed by atoms with van der Waals surface area (Å²) in [5.74, 6) is 0.923. The molecule has 0 aromatic heterocycles. The number of amides is 1. The predicted molar refractivity (Wildman–Crippen MR) is 77.6 cm³/mol. The largest absolute Gasteiger partial charge is 0.496 e. The summed E-state index contributed by atoms with van der Waals surface area (Å²) in [4.78, 5) is 11.6. The molecule has 0 saturated heterocycles. The van der Waals surface area contributed by atoms with Gasteiger partial charge in [-0.25, -0.2) is 0 Å². The monoisotopic (exact) mass is 264 g/mol. The molecule has 0 spiro atoms. The predicted octanol–water partition coefficient (Wildman–Crippen LogP) is 1.85. The lowest BCUT2D eigenvalue weighted by Crippen LogP contribution is -2.33. The Bertz CT molecular complexity index is 456. The van der Waals surface area contributed by atoms with E-state index in [1.54, 1.807) is 7.11 Å². The van der Waals surface area contributed by atoms with Crippen LogP contribution in [0.4, 0.5) is 0 Å². The number of rotatable bonds is 6. The van der Waals surface area contributed by atoms with Crippen molar-refractivity contribution < 1.29 is 9.53 Å². The fourth-order valence-corrected chi connectivity index (χ4v) is 2.07. The zero-order valence-electron chi connectivity index (χ0n) is 12.5. The second-order valence-electron chi connectivity index (χ2n) is 4.68. The zero-order chi connectivity index (χ0) is 14.4. The van der Waals surface area contributed by atoms with Crippen molar-refractivity contribution in [1.82, 2.24) is 10.6 Å². The van der Waals surface area contributed by atoms with Crippen LogP contribution in [-0.2, 0) is 11.3 Å². The summed E-state index contributed by atoms with van der Waals surface area (Å²) in [6, 6.07) is 2.02. The first kappa shape index (κ1) is 15.5. The number of hydrogen-bond donors (Lipinski definition) is 2. The third-order valence-corrected chi connectivity index (χ3v) is 3.43. The number of nitrogens with one attached hydrogen (secondary N) is 2. The van der Waals surface area contributed by atoms with E-state index in [4.69, 9.17) is 4.74 Å². The van der Waals surface area contributed by atoms with E-state index >= 15 is 0 Å². The lowest BCUT2D eigenvalue weighted by Gasteiger charge is -2.16. The van der Waals surface area contributed by atoms with Crippen LogP contribution in [0.1, 0.15) is 29.2 Å². The number of methoxy groups -OCH3 is 1. The van der Waals surface area contributed by atoms with Gasteiger partial charge in [0.25, 0.3) is 0 Å². The average molecular weight is 264 g/mol. The van der Waals surface area contributed by atoms with E-state index in [9.17, 15) is 4.79 Å². The number of aryl methyl sites for hydroxylation is 1. The molecular weight excluding hydrogens is 240 g/mol. The first-order chi connectivity index (χ1) is 9.01. The van der Waals surface area contributed by atoms with Gasteiger partial charge in [-0.3, -0.25) is 4.79 Å². The Morgan fingerprint density at radius 2 is 1.95 bits per heavy atom. The van der Waals surface area contributed by atoms with E-state index in [0.717, 1.165) is 23.4 Å². The minimum atomic E-state index is 0.0223. The van der Waals surface area contributed by atoms with Gasteiger partial charge in [0.15, 0.2) is 0 Å². The molecule has 4 nitrogen and oxygen atoms in total. The van der Waals surface area contributed by atoms with Gasteiger partial charge in [-0.05, 0) is 55.6 Å². The van der Waals surface area contributed by atoms with Gasteiger partial charge < -0.3 is 15.4 Å². The molecule has 0 fully saturated rings. The molecule has 1 aromatic rings. The normalized spacial score (nSPS) is 10.4. The number of benzene rings is 1. The molecular formula is C15H24N2O2. The van der Waals surface area contributed by atoms with Crippen LogP contribution in [-0.4, -0.2) is 26.1 Å². The minimum absolute atomic E-state index is 0.0223. The second kappa shape index (κ2) is 7.14. The molecule has 0 saturated carbocycles. The second-order valence-corrected chi connectivity index (χ2v) is 4.68. The molecule has 0 bridgehead atoms. The molecule has 0 aliphatic rings. The quantitative estimate of drug-likeness (QED) is 0.824. The topological polar surface area (TPSA) is 50.4 Å². The van der Waals surface area contributed by atoms with Crippen molar-refractivity contribution in [3.8, 4) is 5.75 Å². The van der Waals surface area contributed by atoms with Crippen LogP contribution in [0.15, 0.2) is 6.07 Å². The molecule has 0 aliphatic carbocycles. The fraction of sp³-hybridized carbons (Fsp3) is 0.533. The maximum Gasteiger partial charge on any atom is 0.234 e. The van der Waals surface area contributed by atoms with Crippen molar-refractivity contribution in [3.63, 3.8) is 0 Å². The molecule has 1 rings (SSSR count). The molecule has 0 unspecified atom stereocenters. The lowest BCUT2D eigenvalue weighted by atomic mass is 9.97. The van der Waals surface area contributed by atoms with E-state index in [0.29, 0.717) is 13.1 Å². The van der Waals surface area contributed by atoms with Crippen molar-refractivity contribution >= 4 is 5.91 Å². The summed E-state index contributed by atoms with van der Waals surface area (Å²) in [5.41, 5.74) is 4.62. The standard InChI is InChI=1S/C15H24N2O2/c1-6-16-9-15(18)17-8-13-10(2)7-14(19-5)12(4)11(13)3/h7,16H,6,8-9H2,1-5H3,(H,17,18). The zero-order valence-corrected chi connectivity index (χ0v) is 12.5. The summed E-state index contributed by atoms with van der Waals surface area (Å²) in [6.45, 7) is 9.85. The van der Waals surface area contributed by atoms with Crippen LogP contribution in [0.2, 0.25) is 0 Å². The number of ether oxygens (including phenoxy) is 1. The van der Waals surface area contributed by atoms with E-state index in [1.165, 1.54) is 11.1 Å². The number of carbonyl (C=O) groups is 1. The van der Waals surface area contributed by atoms with E-state index in [1.807, 2.05) is 26.8 Å². The molecule has 19 heavy (non-hydrogen) atoms. The molecule has 1 amide bonds. The molecule has 106 valence electrons. The van der Waals surface area contributed by atoms with Crippen molar-refractivity contribution in [2.75, 3.05) is 20.2 Å². The number of hydrogen-bond acceptors (Lipinski definition) is 3. The van der Waals surface area contributed by atoms with Crippen molar-refractivity contribution in [1.29, 1.82) is 0 Å². The first-order valence-corrected chi connectivity index (χ1v) is 6.62. The van der Waals surface area contributed by atoms with Crippen LogP contribution in [0, 0.1) is 20.8 Å². The third-order valence-electron chi connectivity index (χ3n) is 3.43. The summed E-state index contributed by atoms with van der Waals surface area (Å²) in [7, 11) is 1.68. The Kier molecular flexibility index (Phi) is 5.83. The van der Waals surface area contributed by atoms with Crippen molar-refractivity contribution in [3.05, 3.63) is 28.3 Å². The number of carbonyl (C=O) groups excluding carboxylic acids is 1. The molecule has 0 radical (unpaired) electrons. The van der Waals surface area contributed by atoms with Crippen LogP contribution < -0.4 is 15.4 Å². The summed E-state index contributed by atoms with van der Waals surface area (Å²) >= 11 is 0. The molecule has 0 atom stereocenters. The highest BCUT2D eigenvalue weighted by Gasteiger charge is 2.11. The van der Waals surface area contributed by atoms with Gasteiger partial charge in [0.2, 0.25) is 5.91 Å². The van der Waals surface area contributed by atoms with Gasteiger partial charge in [-0.2, -0.15) is 0 Å². The van der Waals surface area contributed by atoms with Gasteiger partial charge >= 0.3 is 0 Å². The Morgan fingerprint density at radius 1 is 1.26 bits per heavy atom. The Labute approximate surface area is 115 Å². The minimum Gasteiger partial charge on any atom is -0.496 e. The van der Waals surface area contributed by atoms with Crippen LogP contribution >= 0.6 is 0 Å². The van der Waals surface area contributed by atoms with Crippen LogP contribution in [0.3, 0.4) is 0 Å². The van der Waals surface area contributed by atoms with Gasteiger partial charge in [-0.15, -0.1) is 0 Å². The Balaban J connectivity index is 2.79. The highest BCUT2D eigenvalue weighted by atomic mass is 16.5. The first-order valence-electron chi connectivity index (χ1n) is 6.62. The Hall–Kier alpha value is -1.55. The fourth-order valence-electron chi connectivity index (χ4n) is 2.07. The smallest absolute Gasteiger partial charge is 0.234 e. The lowest BCUT2D eigenvalue weighted by molar-refractivity contribution is -0.120. The third kappa shape index (κ3) is 3.96. The van der Waals surface area contributed by atoms with Gasteiger partial charge in [0, 0.05) is 6.54 Å². The van der Waals surface area contributed by atoms with E-state index in [-0.39, 0.29) is 5.91 Å². The van der Waals surface area contributed by atoms with E-state index < -0.39 is 0 Å². The summed E-state index contributed by atoms with van der Waals surface area (Å²) in [5, 5.41) is 5.95. The SMILES string of the molecule is CCNCC(=O)NCc1c(C)cc(OC)c(C)c1C. The van der Waals surface area contributed by atoms with Gasteiger partial charge in [0.05, 0.1) is 13.7 Å². The highest BCUT2D eigenvalue weighted by Crippen LogP contribution is 2.27. The summed E-state index contributed by atoms with van der Waals surface area (Å²) < 4.78 is 5.34. The molecule has 0 heterocycles. The molecule has 0 aliphatic heterocycles. The molecule has 4 heteroatoms. The van der Waals surface area contributed by atoms with E-state index in [2.05, 4.69) is 17.6 Å². The van der Waals surface area contributed by atoms with Crippen LogP contribution in [0.5, 0.6) is 5.75 Å². The van der Waals surface area contributed by atoms with Crippen molar-refractivity contribution in [2.24, 2.45) is 0 Å². The van der Waals surface area contributed by atoms with Gasteiger partial charge in [0.1, 0.15) is 5.75 Å².